The van der Waals surface area contributed by atoms with Gasteiger partial charge in [0.15, 0.2) is 0 Å². The van der Waals surface area contributed by atoms with E-state index in [2.05, 4.69) is 15.5 Å². The Kier molecular flexibility index (Phi) is 7.65. The van der Waals surface area contributed by atoms with Crippen molar-refractivity contribution in [3.8, 4) is 5.75 Å². The Balaban J connectivity index is 1.37. The van der Waals surface area contributed by atoms with Crippen LogP contribution in [0.25, 0.3) is 0 Å². The van der Waals surface area contributed by atoms with Gasteiger partial charge in [0.05, 0.1) is 17.3 Å². The number of nitrogens with one attached hydrogen (secondary N) is 1. The summed E-state index contributed by atoms with van der Waals surface area (Å²) in [6, 6.07) is 19.1. The fourth-order valence-corrected chi connectivity index (χ4v) is 4.70. The van der Waals surface area contributed by atoms with Gasteiger partial charge in [0.2, 0.25) is 0 Å². The van der Waals surface area contributed by atoms with Gasteiger partial charge < -0.3 is 14.6 Å². The highest BCUT2D eigenvalue weighted by Gasteiger charge is 2.17. The van der Waals surface area contributed by atoms with E-state index in [1.54, 1.807) is 24.2 Å². The lowest BCUT2D eigenvalue weighted by molar-refractivity contribution is 0.0937. The molecule has 4 aromatic rings. The predicted octanol–water partition coefficient (Wildman–Crippen LogP) is 6.05. The first-order chi connectivity index (χ1) is 16.5. The van der Waals surface area contributed by atoms with Crippen molar-refractivity contribution in [2.75, 3.05) is 0 Å². The standard InChI is InChI=1S/C27H27N3O3S/c1-18(22-10-12-23(13-11-22)32-16-21-7-6-14-28-15-21)29-27(31)24-8-4-5-9-26(24)34-17-25-19(2)30-33-20(25)3/h4-15,18H,16-17H2,1-3H3,(H,29,31). The van der Waals surface area contributed by atoms with Crippen molar-refractivity contribution in [3.63, 3.8) is 0 Å². The molecule has 2 aromatic carbocycles. The fraction of sp³-hybridized carbons (Fsp3) is 0.222. The smallest absolute Gasteiger partial charge is 0.252 e. The molecule has 6 nitrogen and oxygen atoms in total. The van der Waals surface area contributed by atoms with Gasteiger partial charge in [0, 0.05) is 34.2 Å². The van der Waals surface area contributed by atoms with Crippen molar-refractivity contribution < 1.29 is 14.1 Å². The molecule has 1 unspecified atom stereocenters. The third-order valence-corrected chi connectivity index (χ3v) is 6.64. The molecule has 0 aliphatic carbocycles. The van der Waals surface area contributed by atoms with Gasteiger partial charge in [-0.15, -0.1) is 11.8 Å². The van der Waals surface area contributed by atoms with E-state index in [-0.39, 0.29) is 11.9 Å². The number of carbonyl (C=O) groups is 1. The number of pyridine rings is 1. The quantitative estimate of drug-likeness (QED) is 0.298. The van der Waals surface area contributed by atoms with Gasteiger partial charge in [0.25, 0.3) is 5.91 Å². The Labute approximate surface area is 203 Å². The summed E-state index contributed by atoms with van der Waals surface area (Å²) in [5, 5.41) is 7.13. The van der Waals surface area contributed by atoms with Gasteiger partial charge >= 0.3 is 0 Å². The highest BCUT2D eigenvalue weighted by molar-refractivity contribution is 7.98. The van der Waals surface area contributed by atoms with E-state index in [9.17, 15) is 4.79 Å². The van der Waals surface area contributed by atoms with Crippen LogP contribution in [0.3, 0.4) is 0 Å². The van der Waals surface area contributed by atoms with E-state index in [0.29, 0.717) is 17.9 Å². The number of ether oxygens (including phenoxy) is 1. The van der Waals surface area contributed by atoms with Crippen LogP contribution in [0.5, 0.6) is 5.75 Å². The molecule has 0 saturated heterocycles. The lowest BCUT2D eigenvalue weighted by Crippen LogP contribution is -2.27. The van der Waals surface area contributed by atoms with Crippen LogP contribution in [0.1, 0.15) is 51.5 Å². The summed E-state index contributed by atoms with van der Waals surface area (Å²) in [6.45, 7) is 6.28. The minimum absolute atomic E-state index is 0.105. The average molecular weight is 474 g/mol. The minimum atomic E-state index is -0.152. The summed E-state index contributed by atoms with van der Waals surface area (Å²) in [7, 11) is 0. The second-order valence-electron chi connectivity index (χ2n) is 8.00. The van der Waals surface area contributed by atoms with Crippen LogP contribution >= 0.6 is 11.8 Å². The molecule has 0 fully saturated rings. The van der Waals surface area contributed by atoms with Crippen molar-refractivity contribution in [1.29, 1.82) is 0 Å². The number of hydrogen-bond acceptors (Lipinski definition) is 6. The first-order valence-corrected chi connectivity index (χ1v) is 12.1. The second-order valence-corrected chi connectivity index (χ2v) is 9.02. The molecule has 0 spiro atoms. The van der Waals surface area contributed by atoms with Crippen LogP contribution in [-0.4, -0.2) is 16.0 Å². The normalized spacial score (nSPS) is 11.7. The molecule has 34 heavy (non-hydrogen) atoms. The molecule has 0 aliphatic rings. The number of benzene rings is 2. The average Bonchev–Trinajstić information content (AvgIpc) is 3.19. The first-order valence-electron chi connectivity index (χ1n) is 11.1. The van der Waals surface area contributed by atoms with E-state index in [1.165, 1.54) is 0 Å². The molecule has 1 amide bonds. The minimum Gasteiger partial charge on any atom is -0.489 e. The van der Waals surface area contributed by atoms with E-state index in [0.717, 1.165) is 38.8 Å². The van der Waals surface area contributed by atoms with Gasteiger partial charge in [-0.1, -0.05) is 35.5 Å². The summed E-state index contributed by atoms with van der Waals surface area (Å²) in [4.78, 5) is 18.1. The van der Waals surface area contributed by atoms with Crippen LogP contribution in [-0.2, 0) is 12.4 Å². The number of amides is 1. The number of thioether (sulfide) groups is 1. The SMILES string of the molecule is Cc1noc(C)c1CSc1ccccc1C(=O)NC(C)c1ccc(OCc2cccnc2)cc1. The van der Waals surface area contributed by atoms with Gasteiger partial charge in [-0.25, -0.2) is 0 Å². The topological polar surface area (TPSA) is 77.2 Å². The van der Waals surface area contributed by atoms with Crippen LogP contribution in [0.4, 0.5) is 0 Å². The number of rotatable bonds is 9. The van der Waals surface area contributed by atoms with Crippen LogP contribution < -0.4 is 10.1 Å². The van der Waals surface area contributed by atoms with E-state index in [4.69, 9.17) is 9.26 Å². The summed E-state index contributed by atoms with van der Waals surface area (Å²) < 4.78 is 11.1. The van der Waals surface area contributed by atoms with Crippen molar-refractivity contribution >= 4 is 17.7 Å². The molecule has 2 aromatic heterocycles. The van der Waals surface area contributed by atoms with Crippen molar-refractivity contribution in [2.24, 2.45) is 0 Å². The lowest BCUT2D eigenvalue weighted by atomic mass is 10.1. The molecular weight excluding hydrogens is 446 g/mol. The Bertz CT molecular complexity index is 1220. The molecule has 1 N–H and O–H groups in total. The zero-order chi connectivity index (χ0) is 23.9. The summed E-state index contributed by atoms with van der Waals surface area (Å²) >= 11 is 1.61. The van der Waals surface area contributed by atoms with Crippen molar-refractivity contribution in [1.82, 2.24) is 15.5 Å². The third-order valence-electron chi connectivity index (χ3n) is 5.54. The number of aryl methyl sites for hydroxylation is 2. The molecule has 0 aliphatic heterocycles. The van der Waals surface area contributed by atoms with Gasteiger partial charge in [-0.2, -0.15) is 0 Å². The number of carbonyl (C=O) groups excluding carboxylic acids is 1. The molecule has 0 radical (unpaired) electrons. The molecule has 7 heteroatoms. The fourth-order valence-electron chi connectivity index (χ4n) is 3.50. The first kappa shape index (κ1) is 23.6. The van der Waals surface area contributed by atoms with Crippen LogP contribution in [0.2, 0.25) is 0 Å². The van der Waals surface area contributed by atoms with E-state index < -0.39 is 0 Å². The Hall–Kier alpha value is -3.58. The monoisotopic (exact) mass is 473 g/mol. The molecular formula is C27H27N3O3S. The summed E-state index contributed by atoms with van der Waals surface area (Å²) in [5.74, 6) is 2.17. The van der Waals surface area contributed by atoms with E-state index >= 15 is 0 Å². The maximum atomic E-state index is 13.1. The molecule has 4 rings (SSSR count). The zero-order valence-electron chi connectivity index (χ0n) is 19.4. The zero-order valence-corrected chi connectivity index (χ0v) is 20.3. The van der Waals surface area contributed by atoms with Crippen LogP contribution in [0, 0.1) is 13.8 Å². The third kappa shape index (κ3) is 5.85. The Morgan fingerprint density at radius 1 is 1.09 bits per heavy atom. The largest absolute Gasteiger partial charge is 0.489 e. The summed E-state index contributed by atoms with van der Waals surface area (Å²) in [6.07, 6.45) is 3.53. The van der Waals surface area contributed by atoms with Gasteiger partial charge in [-0.3, -0.25) is 9.78 Å². The Morgan fingerprint density at radius 2 is 1.88 bits per heavy atom. The van der Waals surface area contributed by atoms with E-state index in [1.807, 2.05) is 81.4 Å². The number of hydrogen-bond donors (Lipinski definition) is 1. The van der Waals surface area contributed by atoms with Crippen molar-refractivity contribution in [2.45, 2.75) is 44.1 Å². The lowest BCUT2D eigenvalue weighted by Gasteiger charge is -2.16. The maximum Gasteiger partial charge on any atom is 0.252 e. The van der Waals surface area contributed by atoms with Crippen molar-refractivity contribution in [3.05, 3.63) is 107 Å². The Morgan fingerprint density at radius 3 is 2.59 bits per heavy atom. The highest BCUT2D eigenvalue weighted by Crippen LogP contribution is 2.29. The number of aromatic nitrogens is 2. The molecule has 2 heterocycles. The number of nitrogens with zero attached hydrogens (tertiary/aromatic N) is 2. The maximum absolute atomic E-state index is 13.1. The highest BCUT2D eigenvalue weighted by atomic mass is 32.2. The predicted molar refractivity (Wildman–Crippen MR) is 133 cm³/mol. The van der Waals surface area contributed by atoms with Crippen LogP contribution in [0.15, 0.2) is 82.5 Å². The molecule has 0 saturated carbocycles. The molecule has 174 valence electrons. The van der Waals surface area contributed by atoms with Gasteiger partial charge in [0.1, 0.15) is 18.1 Å². The second kappa shape index (κ2) is 11.0. The molecule has 0 bridgehead atoms. The van der Waals surface area contributed by atoms with Gasteiger partial charge in [-0.05, 0) is 56.7 Å². The summed E-state index contributed by atoms with van der Waals surface area (Å²) in [5.41, 5.74) is 4.62. The molecule has 1 atom stereocenters.